The number of rotatable bonds is 2. The monoisotopic (exact) mass is 215 g/mol. The normalized spacial score (nSPS) is 10.2. The van der Waals surface area contributed by atoms with Crippen LogP contribution in [0.4, 0.5) is 5.95 Å². The lowest BCUT2D eigenvalue weighted by molar-refractivity contribution is 0.873. The minimum atomic E-state index is 0.371. The molecule has 0 saturated heterocycles. The van der Waals surface area contributed by atoms with E-state index in [1.807, 2.05) is 13.8 Å². The van der Waals surface area contributed by atoms with Gasteiger partial charge in [0.15, 0.2) is 0 Å². The Hall–Kier alpha value is -0.640. The Morgan fingerprint density at radius 1 is 1.36 bits per heavy atom. The molecule has 0 bridgehead atoms. The van der Waals surface area contributed by atoms with Crippen LogP contribution in [0.5, 0.6) is 0 Å². The molecule has 0 aliphatic heterocycles. The maximum Gasteiger partial charge on any atom is 0.222 e. The van der Waals surface area contributed by atoms with Gasteiger partial charge in [0.1, 0.15) is 0 Å². The lowest BCUT2D eigenvalue weighted by Gasteiger charge is -2.06. The molecule has 3 nitrogen and oxygen atoms in total. The van der Waals surface area contributed by atoms with E-state index in [0.717, 1.165) is 4.47 Å². The largest absolute Gasteiger partial charge is 0.352 e. The molecule has 1 N–H and O–H groups in total. The molecule has 0 fully saturated rings. The van der Waals surface area contributed by atoms with Gasteiger partial charge in [0.2, 0.25) is 5.95 Å². The van der Waals surface area contributed by atoms with E-state index in [1.54, 1.807) is 12.4 Å². The van der Waals surface area contributed by atoms with Crippen LogP contribution in [0.2, 0.25) is 0 Å². The molecule has 11 heavy (non-hydrogen) atoms. The van der Waals surface area contributed by atoms with Crippen LogP contribution in [0.15, 0.2) is 16.9 Å². The smallest absolute Gasteiger partial charge is 0.222 e. The number of nitrogens with zero attached hydrogens (tertiary/aromatic N) is 2. The van der Waals surface area contributed by atoms with E-state index < -0.39 is 0 Å². The summed E-state index contributed by atoms with van der Waals surface area (Å²) in [4.78, 5) is 8.10. The van der Waals surface area contributed by atoms with E-state index in [2.05, 4.69) is 31.2 Å². The molecule has 0 aliphatic carbocycles. The molecule has 60 valence electrons. The number of halogens is 1. The van der Waals surface area contributed by atoms with Gasteiger partial charge in [0.05, 0.1) is 4.47 Å². The second kappa shape index (κ2) is 3.67. The molecule has 0 radical (unpaired) electrons. The highest BCUT2D eigenvalue weighted by Gasteiger charge is 1.96. The van der Waals surface area contributed by atoms with E-state index >= 15 is 0 Å². The van der Waals surface area contributed by atoms with Crippen molar-refractivity contribution in [2.75, 3.05) is 5.32 Å². The van der Waals surface area contributed by atoms with Crippen LogP contribution in [0.3, 0.4) is 0 Å². The molecule has 0 atom stereocenters. The summed E-state index contributed by atoms with van der Waals surface area (Å²) in [6.45, 7) is 4.09. The van der Waals surface area contributed by atoms with Crippen molar-refractivity contribution in [1.29, 1.82) is 0 Å². The Balaban J connectivity index is 2.66. The molecule has 0 aliphatic rings. The van der Waals surface area contributed by atoms with Gasteiger partial charge in [-0.3, -0.25) is 0 Å². The maximum absolute atomic E-state index is 4.05. The molecule has 4 heteroatoms. The minimum absolute atomic E-state index is 0.371. The number of hydrogen-bond donors (Lipinski definition) is 1. The first-order valence-corrected chi connectivity index (χ1v) is 4.22. The summed E-state index contributed by atoms with van der Waals surface area (Å²) in [6.07, 6.45) is 3.44. The first kappa shape index (κ1) is 8.46. The Bertz CT molecular complexity index is 220. The Kier molecular flexibility index (Phi) is 2.82. The SMILES string of the molecule is CC(C)Nc1ncc(Br)cn1. The fourth-order valence-corrected chi connectivity index (χ4v) is 0.850. The van der Waals surface area contributed by atoms with Crippen LogP contribution in [0.25, 0.3) is 0 Å². The summed E-state index contributed by atoms with van der Waals surface area (Å²) >= 11 is 3.26. The first-order valence-electron chi connectivity index (χ1n) is 3.42. The number of nitrogens with one attached hydrogen (secondary N) is 1. The van der Waals surface area contributed by atoms with Gasteiger partial charge in [0.25, 0.3) is 0 Å². The molecular formula is C7H10BrN3. The molecule has 0 saturated carbocycles. The zero-order valence-corrected chi connectivity index (χ0v) is 8.09. The minimum Gasteiger partial charge on any atom is -0.352 e. The molecule has 1 rings (SSSR count). The number of anilines is 1. The highest BCUT2D eigenvalue weighted by Crippen LogP contribution is 2.06. The predicted octanol–water partition coefficient (Wildman–Crippen LogP) is 2.06. The summed E-state index contributed by atoms with van der Waals surface area (Å²) in [5.41, 5.74) is 0. The van der Waals surface area contributed by atoms with E-state index in [1.165, 1.54) is 0 Å². The topological polar surface area (TPSA) is 37.8 Å². The average Bonchev–Trinajstić information content (AvgIpc) is 1.93. The van der Waals surface area contributed by atoms with Gasteiger partial charge in [-0.1, -0.05) is 0 Å². The van der Waals surface area contributed by atoms with Crippen LogP contribution >= 0.6 is 15.9 Å². The molecule has 1 aromatic rings. The van der Waals surface area contributed by atoms with Gasteiger partial charge in [-0.05, 0) is 29.8 Å². The predicted molar refractivity (Wildman–Crippen MR) is 48.5 cm³/mol. The third kappa shape index (κ3) is 2.84. The summed E-state index contributed by atoms with van der Waals surface area (Å²) in [7, 11) is 0. The molecule has 1 heterocycles. The summed E-state index contributed by atoms with van der Waals surface area (Å²) in [5, 5.41) is 3.09. The van der Waals surface area contributed by atoms with Crippen LogP contribution < -0.4 is 5.32 Å². The van der Waals surface area contributed by atoms with Gasteiger partial charge < -0.3 is 5.32 Å². The zero-order valence-electron chi connectivity index (χ0n) is 6.50. The number of aromatic nitrogens is 2. The highest BCUT2D eigenvalue weighted by atomic mass is 79.9. The summed E-state index contributed by atoms with van der Waals surface area (Å²) in [6, 6.07) is 0.371. The van der Waals surface area contributed by atoms with Gasteiger partial charge in [0, 0.05) is 18.4 Å². The molecule has 0 amide bonds. The summed E-state index contributed by atoms with van der Waals surface area (Å²) < 4.78 is 0.895. The van der Waals surface area contributed by atoms with Crippen LogP contribution in [-0.4, -0.2) is 16.0 Å². The van der Waals surface area contributed by atoms with Crippen molar-refractivity contribution < 1.29 is 0 Å². The molecule has 0 spiro atoms. The summed E-state index contributed by atoms with van der Waals surface area (Å²) in [5.74, 6) is 0.670. The van der Waals surface area contributed by atoms with Gasteiger partial charge in [-0.2, -0.15) is 0 Å². The van der Waals surface area contributed by atoms with Crippen molar-refractivity contribution in [2.24, 2.45) is 0 Å². The molecule has 0 aromatic carbocycles. The van der Waals surface area contributed by atoms with Crippen molar-refractivity contribution >= 4 is 21.9 Å². The van der Waals surface area contributed by atoms with E-state index in [0.29, 0.717) is 12.0 Å². The first-order chi connectivity index (χ1) is 5.18. The lowest BCUT2D eigenvalue weighted by atomic mass is 10.4. The highest BCUT2D eigenvalue weighted by molar-refractivity contribution is 9.10. The van der Waals surface area contributed by atoms with E-state index in [4.69, 9.17) is 0 Å². The third-order valence-electron chi connectivity index (χ3n) is 1.04. The lowest BCUT2D eigenvalue weighted by Crippen LogP contribution is -2.11. The van der Waals surface area contributed by atoms with Crippen molar-refractivity contribution in [3.05, 3.63) is 16.9 Å². The molecule has 1 aromatic heterocycles. The van der Waals surface area contributed by atoms with Gasteiger partial charge >= 0.3 is 0 Å². The van der Waals surface area contributed by atoms with Crippen LogP contribution in [0, 0.1) is 0 Å². The standard InChI is InChI=1S/C7H10BrN3/c1-5(2)11-7-9-3-6(8)4-10-7/h3-5H,1-2H3,(H,9,10,11). The molecular weight excluding hydrogens is 206 g/mol. The van der Waals surface area contributed by atoms with Crippen LogP contribution in [-0.2, 0) is 0 Å². The van der Waals surface area contributed by atoms with Crippen molar-refractivity contribution in [3.8, 4) is 0 Å². The van der Waals surface area contributed by atoms with E-state index in [9.17, 15) is 0 Å². The quantitative estimate of drug-likeness (QED) is 0.822. The Labute approximate surface area is 74.4 Å². The molecule has 0 unspecified atom stereocenters. The fraction of sp³-hybridized carbons (Fsp3) is 0.429. The van der Waals surface area contributed by atoms with Crippen molar-refractivity contribution in [1.82, 2.24) is 9.97 Å². The Morgan fingerprint density at radius 2 is 1.91 bits per heavy atom. The van der Waals surface area contributed by atoms with Gasteiger partial charge in [-0.15, -0.1) is 0 Å². The van der Waals surface area contributed by atoms with Crippen LogP contribution in [0.1, 0.15) is 13.8 Å². The van der Waals surface area contributed by atoms with Crippen molar-refractivity contribution in [3.63, 3.8) is 0 Å². The second-order valence-electron chi connectivity index (χ2n) is 2.52. The van der Waals surface area contributed by atoms with Crippen molar-refractivity contribution in [2.45, 2.75) is 19.9 Å². The van der Waals surface area contributed by atoms with Gasteiger partial charge in [-0.25, -0.2) is 9.97 Å². The average molecular weight is 216 g/mol. The number of hydrogen-bond acceptors (Lipinski definition) is 3. The maximum atomic E-state index is 4.05. The Morgan fingerprint density at radius 3 is 2.36 bits per heavy atom. The zero-order chi connectivity index (χ0) is 8.27. The third-order valence-corrected chi connectivity index (χ3v) is 1.45. The second-order valence-corrected chi connectivity index (χ2v) is 3.44. The van der Waals surface area contributed by atoms with E-state index in [-0.39, 0.29) is 0 Å². The fourth-order valence-electron chi connectivity index (χ4n) is 0.645.